The van der Waals surface area contributed by atoms with Crippen LogP contribution >= 0.6 is 0 Å². The highest BCUT2D eigenvalue weighted by atomic mass is 16.2. The van der Waals surface area contributed by atoms with Crippen LogP contribution in [0, 0.1) is 0 Å². The van der Waals surface area contributed by atoms with Gasteiger partial charge in [-0.1, -0.05) is 12.8 Å². The van der Waals surface area contributed by atoms with Gasteiger partial charge >= 0.3 is 6.03 Å². The molecular formula is C14H24N4O3. The molecule has 1 heterocycles. The minimum Gasteiger partial charge on any atom is -0.353 e. The first-order valence-corrected chi connectivity index (χ1v) is 7.52. The van der Waals surface area contributed by atoms with Crippen molar-refractivity contribution in [1.82, 2.24) is 20.9 Å². The summed E-state index contributed by atoms with van der Waals surface area (Å²) < 4.78 is 0. The number of amides is 4. The summed E-state index contributed by atoms with van der Waals surface area (Å²) in [6.07, 6.45) is 3.19. The van der Waals surface area contributed by atoms with Gasteiger partial charge in [0.1, 0.15) is 11.6 Å². The van der Waals surface area contributed by atoms with E-state index in [-0.39, 0.29) is 17.9 Å². The van der Waals surface area contributed by atoms with Crippen LogP contribution in [0.1, 0.15) is 39.5 Å². The normalized spacial score (nSPS) is 23.3. The van der Waals surface area contributed by atoms with Crippen LogP contribution in [0.25, 0.3) is 0 Å². The highest BCUT2D eigenvalue weighted by molar-refractivity contribution is 6.09. The first-order valence-electron chi connectivity index (χ1n) is 7.52. The fraction of sp³-hybridized carbons (Fsp3) is 0.786. The third-order valence-electron chi connectivity index (χ3n) is 4.49. The van der Waals surface area contributed by atoms with E-state index < -0.39 is 17.6 Å². The highest BCUT2D eigenvalue weighted by Crippen LogP contribution is 2.35. The number of nitrogens with one attached hydrogen (secondary N) is 3. The van der Waals surface area contributed by atoms with Gasteiger partial charge in [0.2, 0.25) is 5.91 Å². The van der Waals surface area contributed by atoms with Crippen molar-refractivity contribution in [2.45, 2.75) is 57.2 Å². The van der Waals surface area contributed by atoms with Gasteiger partial charge in [-0.3, -0.25) is 9.59 Å². The molecule has 0 radical (unpaired) electrons. The Morgan fingerprint density at radius 2 is 1.95 bits per heavy atom. The molecule has 0 aromatic carbocycles. The van der Waals surface area contributed by atoms with Crippen LogP contribution in [0.2, 0.25) is 0 Å². The summed E-state index contributed by atoms with van der Waals surface area (Å²) in [5, 5.41) is 8.55. The summed E-state index contributed by atoms with van der Waals surface area (Å²) in [6.45, 7) is 3.98. The Morgan fingerprint density at radius 3 is 2.52 bits per heavy atom. The lowest BCUT2D eigenvalue weighted by molar-refractivity contribution is -0.137. The van der Waals surface area contributed by atoms with E-state index in [1.54, 1.807) is 6.92 Å². The van der Waals surface area contributed by atoms with E-state index in [1.807, 2.05) is 14.0 Å². The van der Waals surface area contributed by atoms with Gasteiger partial charge in [-0.05, 0) is 33.7 Å². The third kappa shape index (κ3) is 2.88. The molecule has 3 N–H and O–H groups in total. The SMILES string of the molecule is CNC(C)CNC(=O)C(C)N1C(=O)NC2(CCCC2)C1=O. The Bertz CT molecular complexity index is 446. The van der Waals surface area contributed by atoms with Crippen molar-refractivity contribution in [3.8, 4) is 0 Å². The number of rotatable bonds is 5. The van der Waals surface area contributed by atoms with Gasteiger partial charge in [0.25, 0.3) is 5.91 Å². The van der Waals surface area contributed by atoms with Gasteiger partial charge in [0.05, 0.1) is 0 Å². The molecule has 2 rings (SSSR count). The van der Waals surface area contributed by atoms with Gasteiger partial charge in [0, 0.05) is 12.6 Å². The molecule has 2 unspecified atom stereocenters. The second-order valence-electron chi connectivity index (χ2n) is 6.01. The Hall–Kier alpha value is -1.63. The third-order valence-corrected chi connectivity index (χ3v) is 4.49. The summed E-state index contributed by atoms with van der Waals surface area (Å²) in [5.41, 5.74) is -0.760. The molecule has 2 atom stereocenters. The second kappa shape index (κ2) is 6.01. The smallest absolute Gasteiger partial charge is 0.325 e. The fourth-order valence-electron chi connectivity index (χ4n) is 2.93. The standard InChI is InChI=1S/C14H24N4O3/c1-9(15-3)8-16-11(19)10(2)18-12(20)14(17-13(18)21)6-4-5-7-14/h9-10,15H,4-8H2,1-3H3,(H,16,19)(H,17,21). The van der Waals surface area contributed by atoms with Gasteiger partial charge in [-0.2, -0.15) is 0 Å². The topological polar surface area (TPSA) is 90.5 Å². The van der Waals surface area contributed by atoms with Crippen molar-refractivity contribution in [3.05, 3.63) is 0 Å². The van der Waals surface area contributed by atoms with Crippen molar-refractivity contribution in [2.75, 3.05) is 13.6 Å². The lowest BCUT2D eigenvalue weighted by atomic mass is 9.97. The number of urea groups is 1. The minimum atomic E-state index is -0.790. The molecule has 4 amide bonds. The van der Waals surface area contributed by atoms with Crippen LogP contribution in [0.15, 0.2) is 0 Å². The number of hydrogen-bond acceptors (Lipinski definition) is 4. The number of hydrogen-bond donors (Lipinski definition) is 3. The molecule has 1 aliphatic carbocycles. The molecule has 1 saturated carbocycles. The second-order valence-corrected chi connectivity index (χ2v) is 6.01. The van der Waals surface area contributed by atoms with E-state index in [0.29, 0.717) is 19.4 Å². The van der Waals surface area contributed by atoms with E-state index in [0.717, 1.165) is 17.7 Å². The fourth-order valence-corrected chi connectivity index (χ4v) is 2.93. The first-order chi connectivity index (χ1) is 9.91. The monoisotopic (exact) mass is 296 g/mol. The quantitative estimate of drug-likeness (QED) is 0.621. The van der Waals surface area contributed by atoms with E-state index in [9.17, 15) is 14.4 Å². The van der Waals surface area contributed by atoms with Crippen molar-refractivity contribution < 1.29 is 14.4 Å². The van der Waals surface area contributed by atoms with E-state index >= 15 is 0 Å². The van der Waals surface area contributed by atoms with Crippen LogP contribution in [0.3, 0.4) is 0 Å². The molecular weight excluding hydrogens is 272 g/mol. The molecule has 21 heavy (non-hydrogen) atoms. The molecule has 1 spiro atoms. The maximum atomic E-state index is 12.5. The Kier molecular flexibility index (Phi) is 4.51. The van der Waals surface area contributed by atoms with Crippen LogP contribution in [0.5, 0.6) is 0 Å². The predicted molar refractivity (Wildman–Crippen MR) is 77.6 cm³/mol. The van der Waals surface area contributed by atoms with Gasteiger partial charge < -0.3 is 16.0 Å². The van der Waals surface area contributed by atoms with Crippen LogP contribution in [-0.4, -0.2) is 54.0 Å². The summed E-state index contributed by atoms with van der Waals surface area (Å²) in [5.74, 6) is -0.565. The van der Waals surface area contributed by atoms with Gasteiger partial charge in [-0.15, -0.1) is 0 Å². The number of carbonyl (C=O) groups is 3. The van der Waals surface area contributed by atoms with Crippen molar-refractivity contribution in [3.63, 3.8) is 0 Å². The van der Waals surface area contributed by atoms with E-state index in [2.05, 4.69) is 16.0 Å². The maximum absolute atomic E-state index is 12.5. The van der Waals surface area contributed by atoms with Crippen LogP contribution in [-0.2, 0) is 9.59 Å². The molecule has 118 valence electrons. The molecule has 7 nitrogen and oxygen atoms in total. The number of carbonyl (C=O) groups excluding carboxylic acids is 3. The molecule has 1 aliphatic heterocycles. The lowest BCUT2D eigenvalue weighted by Crippen LogP contribution is -2.51. The number of imide groups is 1. The summed E-state index contributed by atoms with van der Waals surface area (Å²) >= 11 is 0. The molecule has 0 bridgehead atoms. The molecule has 2 aliphatic rings. The number of nitrogens with zero attached hydrogens (tertiary/aromatic N) is 1. The zero-order valence-corrected chi connectivity index (χ0v) is 12.9. The van der Waals surface area contributed by atoms with Gasteiger partial charge in [0.15, 0.2) is 0 Å². The average molecular weight is 296 g/mol. The van der Waals surface area contributed by atoms with Crippen molar-refractivity contribution in [2.24, 2.45) is 0 Å². The van der Waals surface area contributed by atoms with Crippen molar-refractivity contribution >= 4 is 17.8 Å². The number of likely N-dealkylation sites (N-methyl/N-ethyl adjacent to an activating group) is 1. The summed E-state index contributed by atoms with van der Waals surface area (Å²) in [7, 11) is 1.81. The molecule has 0 aromatic heterocycles. The molecule has 2 fully saturated rings. The van der Waals surface area contributed by atoms with E-state index in [4.69, 9.17) is 0 Å². The van der Waals surface area contributed by atoms with Crippen LogP contribution < -0.4 is 16.0 Å². The predicted octanol–water partition coefficient (Wildman–Crippen LogP) is -0.0364. The zero-order valence-electron chi connectivity index (χ0n) is 12.9. The minimum absolute atomic E-state index is 0.130. The van der Waals surface area contributed by atoms with E-state index in [1.165, 1.54) is 0 Å². The Balaban J connectivity index is 2.01. The highest BCUT2D eigenvalue weighted by Gasteiger charge is 2.54. The molecule has 0 aromatic rings. The Morgan fingerprint density at radius 1 is 1.33 bits per heavy atom. The van der Waals surface area contributed by atoms with Crippen LogP contribution in [0.4, 0.5) is 4.79 Å². The average Bonchev–Trinajstić information content (AvgIpc) is 3.02. The first kappa shape index (κ1) is 15.8. The zero-order chi connectivity index (χ0) is 15.6. The lowest BCUT2D eigenvalue weighted by Gasteiger charge is -2.24. The maximum Gasteiger partial charge on any atom is 0.325 e. The Labute approximate surface area is 124 Å². The molecule has 7 heteroatoms. The van der Waals surface area contributed by atoms with Gasteiger partial charge in [-0.25, -0.2) is 9.69 Å². The van der Waals surface area contributed by atoms with Crippen molar-refractivity contribution in [1.29, 1.82) is 0 Å². The largest absolute Gasteiger partial charge is 0.353 e. The summed E-state index contributed by atoms with van der Waals surface area (Å²) in [4.78, 5) is 37.8. The molecule has 1 saturated heterocycles. The summed E-state index contributed by atoms with van der Waals surface area (Å²) in [6, 6.07) is -1.11.